The van der Waals surface area contributed by atoms with Gasteiger partial charge in [0.2, 0.25) is 0 Å². The SMILES string of the molecule is Cc1ccc(OCC2=NC(C)(C)Cc3c2ccc2ccccc32)cc1.Cl. The van der Waals surface area contributed by atoms with Crippen molar-refractivity contribution in [1.82, 2.24) is 0 Å². The van der Waals surface area contributed by atoms with E-state index in [0.717, 1.165) is 17.9 Å². The number of benzene rings is 3. The number of aliphatic imine (C=N–C) groups is 1. The van der Waals surface area contributed by atoms with E-state index >= 15 is 0 Å². The molecule has 3 aromatic carbocycles. The smallest absolute Gasteiger partial charge is 0.130 e. The molecule has 1 heterocycles. The summed E-state index contributed by atoms with van der Waals surface area (Å²) >= 11 is 0. The zero-order valence-electron chi connectivity index (χ0n) is 15.5. The standard InChI is InChI=1S/C23H23NO.ClH/c1-16-8-11-18(12-9-16)25-15-22-20-13-10-17-6-4-5-7-19(17)21(20)14-23(2,3)24-22;/h4-13H,14-15H2,1-3H3;1H. The van der Waals surface area contributed by atoms with Crippen molar-refractivity contribution >= 4 is 28.9 Å². The van der Waals surface area contributed by atoms with Crippen LogP contribution in [0.3, 0.4) is 0 Å². The molecular formula is C23H24ClNO. The molecule has 1 aliphatic heterocycles. The first-order chi connectivity index (χ1) is 12.0. The van der Waals surface area contributed by atoms with Gasteiger partial charge in [0.15, 0.2) is 0 Å². The van der Waals surface area contributed by atoms with Crippen LogP contribution in [0.1, 0.15) is 30.5 Å². The van der Waals surface area contributed by atoms with Crippen molar-refractivity contribution in [1.29, 1.82) is 0 Å². The molecule has 0 unspecified atom stereocenters. The highest BCUT2D eigenvalue weighted by Crippen LogP contribution is 2.32. The Morgan fingerprint density at radius 2 is 1.69 bits per heavy atom. The summed E-state index contributed by atoms with van der Waals surface area (Å²) in [5.74, 6) is 0.888. The van der Waals surface area contributed by atoms with E-state index in [9.17, 15) is 0 Å². The number of hydrogen-bond acceptors (Lipinski definition) is 2. The second kappa shape index (κ2) is 7.13. The predicted octanol–water partition coefficient (Wildman–Crippen LogP) is 5.77. The molecule has 0 saturated carbocycles. The molecule has 0 N–H and O–H groups in total. The first kappa shape index (κ1) is 18.5. The highest BCUT2D eigenvalue weighted by Gasteiger charge is 2.28. The molecule has 26 heavy (non-hydrogen) atoms. The van der Waals surface area contributed by atoms with Gasteiger partial charge in [-0.1, -0.05) is 54.1 Å². The molecule has 0 amide bonds. The Hall–Kier alpha value is -2.32. The van der Waals surface area contributed by atoms with Crippen LogP contribution >= 0.6 is 12.4 Å². The monoisotopic (exact) mass is 365 g/mol. The molecule has 0 radical (unpaired) electrons. The number of nitrogens with zero attached hydrogens (tertiary/aromatic N) is 1. The van der Waals surface area contributed by atoms with E-state index in [-0.39, 0.29) is 17.9 Å². The Morgan fingerprint density at radius 1 is 0.962 bits per heavy atom. The highest BCUT2D eigenvalue weighted by molar-refractivity contribution is 6.07. The zero-order valence-corrected chi connectivity index (χ0v) is 16.3. The molecule has 0 atom stereocenters. The second-order valence-corrected chi connectivity index (χ2v) is 7.46. The Balaban J connectivity index is 0.00000196. The van der Waals surface area contributed by atoms with E-state index in [1.54, 1.807) is 0 Å². The van der Waals surface area contributed by atoms with Gasteiger partial charge >= 0.3 is 0 Å². The predicted molar refractivity (Wildman–Crippen MR) is 112 cm³/mol. The van der Waals surface area contributed by atoms with Crippen LogP contribution in [0.2, 0.25) is 0 Å². The van der Waals surface area contributed by atoms with Crippen LogP contribution in [-0.2, 0) is 6.42 Å². The van der Waals surface area contributed by atoms with E-state index in [0.29, 0.717) is 6.61 Å². The van der Waals surface area contributed by atoms with Crippen molar-refractivity contribution in [3.8, 4) is 5.75 Å². The van der Waals surface area contributed by atoms with Gasteiger partial charge in [-0.3, -0.25) is 4.99 Å². The van der Waals surface area contributed by atoms with Crippen molar-refractivity contribution in [3.05, 3.63) is 77.4 Å². The number of hydrogen-bond donors (Lipinski definition) is 0. The molecule has 0 aliphatic carbocycles. The molecule has 0 spiro atoms. The second-order valence-electron chi connectivity index (χ2n) is 7.46. The summed E-state index contributed by atoms with van der Waals surface area (Å²) in [5.41, 5.74) is 4.78. The minimum Gasteiger partial charge on any atom is -0.487 e. The van der Waals surface area contributed by atoms with Crippen molar-refractivity contribution in [2.75, 3.05) is 6.61 Å². The summed E-state index contributed by atoms with van der Waals surface area (Å²) < 4.78 is 6.03. The lowest BCUT2D eigenvalue weighted by Gasteiger charge is -2.30. The third-order valence-corrected chi connectivity index (χ3v) is 4.80. The third-order valence-electron chi connectivity index (χ3n) is 4.80. The van der Waals surface area contributed by atoms with Crippen LogP contribution in [0.4, 0.5) is 0 Å². The number of rotatable bonds is 3. The number of fused-ring (bicyclic) bond motifs is 3. The molecule has 3 aromatic rings. The van der Waals surface area contributed by atoms with Gasteiger partial charge in [-0.15, -0.1) is 12.4 Å². The molecule has 0 aromatic heterocycles. The summed E-state index contributed by atoms with van der Waals surface area (Å²) in [6.07, 6.45) is 0.956. The van der Waals surface area contributed by atoms with Crippen LogP contribution in [0.15, 0.2) is 65.7 Å². The molecule has 2 nitrogen and oxygen atoms in total. The molecule has 1 aliphatic rings. The summed E-state index contributed by atoms with van der Waals surface area (Å²) in [6, 6.07) is 21.2. The van der Waals surface area contributed by atoms with E-state index in [1.165, 1.54) is 27.5 Å². The lowest BCUT2D eigenvalue weighted by molar-refractivity contribution is 0.372. The van der Waals surface area contributed by atoms with Crippen LogP contribution < -0.4 is 4.74 Å². The quantitative estimate of drug-likeness (QED) is 0.577. The topological polar surface area (TPSA) is 21.6 Å². The van der Waals surface area contributed by atoms with Gasteiger partial charge < -0.3 is 4.74 Å². The van der Waals surface area contributed by atoms with Gasteiger partial charge in [0.1, 0.15) is 12.4 Å². The number of aryl methyl sites for hydroxylation is 1. The molecular weight excluding hydrogens is 342 g/mol. The summed E-state index contributed by atoms with van der Waals surface area (Å²) in [5, 5.41) is 2.62. The number of halogens is 1. The molecule has 3 heteroatoms. The average Bonchev–Trinajstić information content (AvgIpc) is 2.60. The lowest BCUT2D eigenvalue weighted by Crippen LogP contribution is -2.31. The lowest BCUT2D eigenvalue weighted by atomic mass is 9.84. The first-order valence-corrected chi connectivity index (χ1v) is 8.81. The minimum atomic E-state index is -0.108. The summed E-state index contributed by atoms with van der Waals surface area (Å²) in [7, 11) is 0. The van der Waals surface area contributed by atoms with E-state index in [4.69, 9.17) is 9.73 Å². The van der Waals surface area contributed by atoms with Gasteiger partial charge in [-0.2, -0.15) is 0 Å². The molecule has 0 bridgehead atoms. The first-order valence-electron chi connectivity index (χ1n) is 8.81. The maximum atomic E-state index is 6.03. The fourth-order valence-electron chi connectivity index (χ4n) is 3.59. The van der Waals surface area contributed by atoms with Crippen LogP contribution in [0, 0.1) is 6.92 Å². The van der Waals surface area contributed by atoms with Crippen LogP contribution in [0.5, 0.6) is 5.75 Å². The van der Waals surface area contributed by atoms with Gasteiger partial charge in [-0.05, 0) is 55.7 Å². The van der Waals surface area contributed by atoms with Gasteiger partial charge in [0.05, 0.1) is 11.3 Å². The van der Waals surface area contributed by atoms with Crippen LogP contribution in [0.25, 0.3) is 10.8 Å². The largest absolute Gasteiger partial charge is 0.487 e. The van der Waals surface area contributed by atoms with E-state index < -0.39 is 0 Å². The van der Waals surface area contributed by atoms with Gasteiger partial charge in [-0.25, -0.2) is 0 Å². The van der Waals surface area contributed by atoms with E-state index in [1.807, 2.05) is 12.1 Å². The van der Waals surface area contributed by atoms with Crippen molar-refractivity contribution < 1.29 is 4.74 Å². The van der Waals surface area contributed by atoms with Gasteiger partial charge in [0.25, 0.3) is 0 Å². The van der Waals surface area contributed by atoms with Crippen molar-refractivity contribution in [2.45, 2.75) is 32.7 Å². The Labute approximate surface area is 161 Å². The molecule has 0 fully saturated rings. The third kappa shape index (κ3) is 3.61. The highest BCUT2D eigenvalue weighted by atomic mass is 35.5. The Morgan fingerprint density at radius 3 is 2.46 bits per heavy atom. The molecule has 4 rings (SSSR count). The summed E-state index contributed by atoms with van der Waals surface area (Å²) in [4.78, 5) is 4.99. The number of ether oxygens (including phenoxy) is 1. The maximum Gasteiger partial charge on any atom is 0.130 e. The fourth-order valence-corrected chi connectivity index (χ4v) is 3.59. The fraction of sp³-hybridized carbons (Fsp3) is 0.261. The van der Waals surface area contributed by atoms with Crippen molar-refractivity contribution in [2.24, 2.45) is 4.99 Å². The molecule has 0 saturated heterocycles. The van der Waals surface area contributed by atoms with Gasteiger partial charge in [0, 0.05) is 5.56 Å². The Bertz CT molecular complexity index is 958. The van der Waals surface area contributed by atoms with Crippen LogP contribution in [-0.4, -0.2) is 17.9 Å². The van der Waals surface area contributed by atoms with E-state index in [2.05, 4.69) is 69.3 Å². The minimum absolute atomic E-state index is 0. The maximum absolute atomic E-state index is 6.03. The molecule has 134 valence electrons. The average molecular weight is 366 g/mol. The summed E-state index contributed by atoms with van der Waals surface area (Å²) in [6.45, 7) is 6.98. The Kier molecular flexibility index (Phi) is 5.06. The normalized spacial score (nSPS) is 15.0. The van der Waals surface area contributed by atoms with Crippen molar-refractivity contribution in [3.63, 3.8) is 0 Å². The zero-order chi connectivity index (χ0) is 17.4.